The molecule has 1 aliphatic heterocycles. The average Bonchev–Trinajstić information content (AvgIpc) is 2.68. The van der Waals surface area contributed by atoms with Crippen molar-refractivity contribution in [3.05, 3.63) is 34.9 Å². The van der Waals surface area contributed by atoms with E-state index in [1.165, 1.54) is 0 Å². The Labute approximate surface area is 118 Å². The van der Waals surface area contributed by atoms with E-state index in [1.807, 2.05) is 39.8 Å². The van der Waals surface area contributed by atoms with Crippen LogP contribution in [0.25, 0.3) is 0 Å². The van der Waals surface area contributed by atoms with Crippen molar-refractivity contribution in [1.29, 1.82) is 0 Å². The number of hydrogen-bond donors (Lipinski definition) is 1. The third kappa shape index (κ3) is 3.29. The van der Waals surface area contributed by atoms with E-state index in [9.17, 15) is 9.59 Å². The Morgan fingerprint density at radius 2 is 2.10 bits per heavy atom. The predicted octanol–water partition coefficient (Wildman–Crippen LogP) is 2.94. The summed E-state index contributed by atoms with van der Waals surface area (Å²) in [6, 6.07) is 5.22. The first-order valence-corrected chi connectivity index (χ1v) is 6.56. The van der Waals surface area contributed by atoms with Crippen LogP contribution in [0.15, 0.2) is 18.2 Å². The van der Waals surface area contributed by atoms with Gasteiger partial charge in [-0.15, -0.1) is 0 Å². The largest absolute Gasteiger partial charge is 0.457 e. The third-order valence-electron chi connectivity index (χ3n) is 2.94. The molecule has 0 aliphatic carbocycles. The lowest BCUT2D eigenvalue weighted by Crippen LogP contribution is -2.34. The number of ether oxygens (including phenoxy) is 2. The van der Waals surface area contributed by atoms with Gasteiger partial charge in [-0.25, -0.2) is 9.59 Å². The second-order valence-corrected chi connectivity index (χ2v) is 5.86. The molecule has 1 heterocycles. The first-order valence-electron chi connectivity index (χ1n) is 6.56. The van der Waals surface area contributed by atoms with Gasteiger partial charge >= 0.3 is 12.1 Å². The van der Waals surface area contributed by atoms with Gasteiger partial charge in [-0.2, -0.15) is 0 Å². The molecule has 5 nitrogen and oxygen atoms in total. The van der Waals surface area contributed by atoms with Crippen molar-refractivity contribution >= 4 is 12.1 Å². The van der Waals surface area contributed by atoms with Gasteiger partial charge in [0.1, 0.15) is 12.2 Å². The summed E-state index contributed by atoms with van der Waals surface area (Å²) in [4.78, 5) is 23.1. The Morgan fingerprint density at radius 3 is 2.75 bits per heavy atom. The fraction of sp³-hybridized carbons (Fsp3) is 0.467. The van der Waals surface area contributed by atoms with Crippen molar-refractivity contribution in [1.82, 2.24) is 5.32 Å². The lowest BCUT2D eigenvalue weighted by atomic mass is 10.0. The minimum Gasteiger partial charge on any atom is -0.457 e. The number of hydrogen-bond acceptors (Lipinski definition) is 4. The summed E-state index contributed by atoms with van der Waals surface area (Å²) >= 11 is 0. The number of cyclic esters (lactones) is 1. The van der Waals surface area contributed by atoms with Crippen LogP contribution in [0, 0.1) is 0 Å². The molecular formula is C15H19NO4. The number of fused-ring (bicyclic) bond motifs is 1. The van der Waals surface area contributed by atoms with E-state index < -0.39 is 11.7 Å². The Bertz CT molecular complexity index is 545. The Morgan fingerprint density at radius 1 is 1.40 bits per heavy atom. The Kier molecular flexibility index (Phi) is 3.70. The van der Waals surface area contributed by atoms with Crippen LogP contribution in [0.3, 0.4) is 0 Å². The van der Waals surface area contributed by atoms with E-state index in [0.29, 0.717) is 12.2 Å². The fourth-order valence-corrected chi connectivity index (χ4v) is 1.99. The quantitative estimate of drug-likeness (QED) is 0.844. The lowest BCUT2D eigenvalue weighted by Gasteiger charge is -2.22. The molecule has 0 bridgehead atoms. The maximum atomic E-state index is 11.7. The summed E-state index contributed by atoms with van der Waals surface area (Å²) in [6.45, 7) is 7.60. The summed E-state index contributed by atoms with van der Waals surface area (Å²) < 4.78 is 10.2. The molecular weight excluding hydrogens is 258 g/mol. The van der Waals surface area contributed by atoms with Crippen molar-refractivity contribution in [2.45, 2.75) is 45.9 Å². The molecule has 1 aliphatic rings. The molecule has 1 aromatic rings. The standard InChI is InChI=1S/C15H19NO4/c1-9(16-14(18)20-15(2,3)4)10-5-6-12-11(7-10)8-19-13(12)17/h5-7,9H,8H2,1-4H3,(H,16,18)/t9-/m1/s1. The highest BCUT2D eigenvalue weighted by molar-refractivity contribution is 5.93. The molecule has 20 heavy (non-hydrogen) atoms. The van der Waals surface area contributed by atoms with Crippen LogP contribution in [0.5, 0.6) is 0 Å². The first kappa shape index (κ1) is 14.4. The van der Waals surface area contributed by atoms with Crippen LogP contribution < -0.4 is 5.32 Å². The zero-order valence-electron chi connectivity index (χ0n) is 12.1. The maximum Gasteiger partial charge on any atom is 0.408 e. The summed E-state index contributed by atoms with van der Waals surface area (Å²) in [5, 5.41) is 2.77. The molecule has 108 valence electrons. The maximum absolute atomic E-state index is 11.7. The summed E-state index contributed by atoms with van der Waals surface area (Å²) in [5.74, 6) is -0.292. The third-order valence-corrected chi connectivity index (χ3v) is 2.94. The molecule has 0 saturated heterocycles. The van der Waals surface area contributed by atoms with Gasteiger partial charge in [0, 0.05) is 5.56 Å². The molecule has 0 fully saturated rings. The number of rotatable bonds is 2. The predicted molar refractivity (Wildman–Crippen MR) is 73.3 cm³/mol. The zero-order chi connectivity index (χ0) is 14.9. The van der Waals surface area contributed by atoms with Gasteiger partial charge in [-0.1, -0.05) is 6.07 Å². The van der Waals surface area contributed by atoms with Crippen molar-refractivity contribution in [2.75, 3.05) is 0 Å². The monoisotopic (exact) mass is 277 g/mol. The topological polar surface area (TPSA) is 64.6 Å². The van der Waals surface area contributed by atoms with E-state index in [2.05, 4.69) is 5.32 Å². The van der Waals surface area contributed by atoms with Gasteiger partial charge < -0.3 is 14.8 Å². The van der Waals surface area contributed by atoms with Crippen LogP contribution in [0.1, 0.15) is 55.2 Å². The summed E-state index contributed by atoms with van der Waals surface area (Å²) in [6.07, 6.45) is -0.460. The normalized spacial score (nSPS) is 15.3. The van der Waals surface area contributed by atoms with Crippen LogP contribution >= 0.6 is 0 Å². The Hall–Kier alpha value is -2.04. The van der Waals surface area contributed by atoms with Gasteiger partial charge in [0.25, 0.3) is 0 Å². The van der Waals surface area contributed by atoms with Crippen LogP contribution in [-0.4, -0.2) is 17.7 Å². The molecule has 2 rings (SSSR count). The molecule has 1 amide bonds. The molecule has 0 saturated carbocycles. The lowest BCUT2D eigenvalue weighted by molar-refractivity contribution is 0.0505. The Balaban J connectivity index is 2.05. The average molecular weight is 277 g/mol. The highest BCUT2D eigenvalue weighted by atomic mass is 16.6. The number of carbonyl (C=O) groups excluding carboxylic acids is 2. The van der Waals surface area contributed by atoms with Crippen molar-refractivity contribution in [2.24, 2.45) is 0 Å². The second-order valence-electron chi connectivity index (χ2n) is 5.86. The van der Waals surface area contributed by atoms with Gasteiger partial charge in [0.15, 0.2) is 0 Å². The molecule has 1 aromatic carbocycles. The van der Waals surface area contributed by atoms with Crippen LogP contribution in [0.4, 0.5) is 4.79 Å². The van der Waals surface area contributed by atoms with E-state index in [0.717, 1.165) is 11.1 Å². The van der Waals surface area contributed by atoms with Crippen molar-refractivity contribution in [3.8, 4) is 0 Å². The van der Waals surface area contributed by atoms with E-state index in [-0.39, 0.29) is 12.0 Å². The number of esters is 1. The smallest absolute Gasteiger partial charge is 0.408 e. The second kappa shape index (κ2) is 5.15. The van der Waals surface area contributed by atoms with Crippen molar-refractivity contribution < 1.29 is 19.1 Å². The van der Waals surface area contributed by atoms with Crippen molar-refractivity contribution in [3.63, 3.8) is 0 Å². The molecule has 0 spiro atoms. The highest BCUT2D eigenvalue weighted by Crippen LogP contribution is 2.24. The minimum atomic E-state index is -0.526. The molecule has 0 radical (unpaired) electrons. The van der Waals surface area contributed by atoms with Crippen LogP contribution in [0.2, 0.25) is 0 Å². The fourth-order valence-electron chi connectivity index (χ4n) is 1.99. The molecule has 1 atom stereocenters. The number of amides is 1. The molecule has 0 aromatic heterocycles. The van der Waals surface area contributed by atoms with E-state index in [4.69, 9.17) is 9.47 Å². The zero-order valence-corrected chi connectivity index (χ0v) is 12.1. The first-order chi connectivity index (χ1) is 9.26. The minimum absolute atomic E-state index is 0.203. The van der Waals surface area contributed by atoms with Gasteiger partial charge in [-0.3, -0.25) is 0 Å². The molecule has 0 unspecified atom stereocenters. The highest BCUT2D eigenvalue weighted by Gasteiger charge is 2.23. The van der Waals surface area contributed by atoms with Gasteiger partial charge in [0.05, 0.1) is 11.6 Å². The molecule has 1 N–H and O–H groups in total. The number of nitrogens with one attached hydrogen (secondary N) is 1. The van der Waals surface area contributed by atoms with Gasteiger partial charge in [-0.05, 0) is 45.4 Å². The SMILES string of the molecule is C[C@@H](NC(=O)OC(C)(C)C)c1ccc2c(c1)COC2=O. The number of benzene rings is 1. The summed E-state index contributed by atoms with van der Waals surface area (Å²) in [5.41, 5.74) is 1.83. The van der Waals surface area contributed by atoms with Crippen LogP contribution in [-0.2, 0) is 16.1 Å². The van der Waals surface area contributed by atoms with Gasteiger partial charge in [0.2, 0.25) is 0 Å². The number of carbonyl (C=O) groups is 2. The molecule has 5 heteroatoms. The summed E-state index contributed by atoms with van der Waals surface area (Å²) in [7, 11) is 0. The number of alkyl carbamates (subject to hydrolysis) is 1. The van der Waals surface area contributed by atoms with E-state index >= 15 is 0 Å². The van der Waals surface area contributed by atoms with E-state index in [1.54, 1.807) is 6.07 Å².